The summed E-state index contributed by atoms with van der Waals surface area (Å²) < 4.78 is 81.2. The van der Waals surface area contributed by atoms with Crippen LogP contribution in [0.3, 0.4) is 0 Å². The van der Waals surface area contributed by atoms with Crippen LogP contribution < -0.4 is 10.0 Å². The predicted molar refractivity (Wildman–Crippen MR) is 95.1 cm³/mol. The Morgan fingerprint density at radius 2 is 1.39 bits per heavy atom. The van der Waals surface area contributed by atoms with Crippen LogP contribution in [0.1, 0.15) is 5.56 Å². The lowest BCUT2D eigenvalue weighted by Crippen LogP contribution is -2.15. The molecular weight excluding hydrogens is 398 g/mol. The van der Waals surface area contributed by atoms with Crippen molar-refractivity contribution in [2.75, 3.05) is 10.0 Å². The Labute approximate surface area is 158 Å². The number of rotatable bonds is 6. The number of nitrogens with one attached hydrogen (secondary N) is 2. The standard InChI is InChI=1S/C18H13F4N3O2S/c19-14-16(15(20)18(22)24-17(14)21)23-10-11-6-4-5-9-13(11)25-28(26,27)12-7-2-1-3-8-12/h1-9,25H,10H2,(H,23,24). The van der Waals surface area contributed by atoms with E-state index in [9.17, 15) is 26.0 Å². The monoisotopic (exact) mass is 411 g/mol. The van der Waals surface area contributed by atoms with Gasteiger partial charge in [-0.25, -0.2) is 8.42 Å². The Morgan fingerprint density at radius 1 is 0.821 bits per heavy atom. The van der Waals surface area contributed by atoms with Crippen molar-refractivity contribution in [2.24, 2.45) is 0 Å². The third-order valence-electron chi connectivity index (χ3n) is 3.77. The van der Waals surface area contributed by atoms with Crippen LogP contribution in [0.25, 0.3) is 0 Å². The van der Waals surface area contributed by atoms with Crippen LogP contribution in [0.4, 0.5) is 28.9 Å². The first-order valence-electron chi connectivity index (χ1n) is 7.89. The molecule has 5 nitrogen and oxygen atoms in total. The van der Waals surface area contributed by atoms with Gasteiger partial charge in [-0.2, -0.15) is 22.5 Å². The van der Waals surface area contributed by atoms with Crippen molar-refractivity contribution < 1.29 is 26.0 Å². The summed E-state index contributed by atoms with van der Waals surface area (Å²) in [7, 11) is -3.90. The summed E-state index contributed by atoms with van der Waals surface area (Å²) in [5.41, 5.74) is -0.612. The third kappa shape index (κ3) is 4.06. The zero-order chi connectivity index (χ0) is 20.3. The van der Waals surface area contributed by atoms with Gasteiger partial charge in [-0.1, -0.05) is 36.4 Å². The molecule has 0 atom stereocenters. The van der Waals surface area contributed by atoms with Crippen LogP contribution in [-0.2, 0) is 16.6 Å². The van der Waals surface area contributed by atoms with Crippen molar-refractivity contribution in [3.05, 3.63) is 83.7 Å². The van der Waals surface area contributed by atoms with Gasteiger partial charge in [0.15, 0.2) is 0 Å². The second-order valence-corrected chi connectivity index (χ2v) is 7.31. The minimum Gasteiger partial charge on any atom is -0.376 e. The predicted octanol–water partition coefficient (Wildman–Crippen LogP) is 4.05. The fourth-order valence-corrected chi connectivity index (χ4v) is 3.53. The molecule has 0 bridgehead atoms. The molecule has 0 saturated heterocycles. The molecule has 3 rings (SSSR count). The smallest absolute Gasteiger partial charge is 0.261 e. The number of hydrogen-bond donors (Lipinski definition) is 2. The fraction of sp³-hybridized carbons (Fsp3) is 0.0556. The molecule has 0 aliphatic heterocycles. The molecule has 10 heteroatoms. The third-order valence-corrected chi connectivity index (χ3v) is 5.15. The first kappa shape index (κ1) is 19.6. The lowest BCUT2D eigenvalue weighted by Gasteiger charge is -2.14. The van der Waals surface area contributed by atoms with Gasteiger partial charge >= 0.3 is 0 Å². The topological polar surface area (TPSA) is 71.1 Å². The van der Waals surface area contributed by atoms with E-state index >= 15 is 0 Å². The maximum atomic E-state index is 13.7. The molecule has 1 heterocycles. The Morgan fingerprint density at radius 3 is 2.04 bits per heavy atom. The second-order valence-electron chi connectivity index (χ2n) is 5.63. The van der Waals surface area contributed by atoms with Gasteiger partial charge in [-0.05, 0) is 23.8 Å². The highest BCUT2D eigenvalue weighted by Gasteiger charge is 2.21. The molecular formula is C18H13F4N3O2S. The summed E-state index contributed by atoms with van der Waals surface area (Å²) in [6, 6.07) is 13.6. The minimum atomic E-state index is -3.90. The van der Waals surface area contributed by atoms with Gasteiger partial charge in [-0.3, -0.25) is 4.72 Å². The van der Waals surface area contributed by atoms with Gasteiger partial charge in [0.05, 0.1) is 10.6 Å². The molecule has 146 valence electrons. The first-order valence-corrected chi connectivity index (χ1v) is 9.37. The lowest BCUT2D eigenvalue weighted by atomic mass is 10.2. The molecule has 0 unspecified atom stereocenters. The number of sulfonamides is 1. The van der Waals surface area contributed by atoms with Crippen molar-refractivity contribution in [1.29, 1.82) is 0 Å². The van der Waals surface area contributed by atoms with Gasteiger partial charge in [0.1, 0.15) is 5.69 Å². The van der Waals surface area contributed by atoms with Gasteiger partial charge in [0.2, 0.25) is 11.6 Å². The molecule has 0 saturated carbocycles. The molecule has 0 spiro atoms. The van der Waals surface area contributed by atoms with Crippen molar-refractivity contribution in [1.82, 2.24) is 4.98 Å². The van der Waals surface area contributed by atoms with E-state index < -0.39 is 39.2 Å². The van der Waals surface area contributed by atoms with Crippen molar-refractivity contribution in [3.8, 4) is 0 Å². The van der Waals surface area contributed by atoms with E-state index in [2.05, 4.69) is 15.0 Å². The van der Waals surface area contributed by atoms with Crippen molar-refractivity contribution >= 4 is 21.4 Å². The Hall–Kier alpha value is -3.14. The SMILES string of the molecule is O=S(=O)(Nc1ccccc1CNc1c(F)c(F)nc(F)c1F)c1ccccc1. The maximum absolute atomic E-state index is 13.7. The normalized spacial score (nSPS) is 11.3. The van der Waals surface area contributed by atoms with Crippen molar-refractivity contribution in [3.63, 3.8) is 0 Å². The molecule has 3 aromatic rings. The van der Waals surface area contributed by atoms with Gasteiger partial charge in [0, 0.05) is 6.54 Å². The number of hydrogen-bond acceptors (Lipinski definition) is 4. The Bertz CT molecular complexity index is 1080. The number of para-hydroxylation sites is 1. The van der Waals surface area contributed by atoms with Gasteiger partial charge in [0.25, 0.3) is 21.9 Å². The van der Waals surface area contributed by atoms with E-state index in [1.54, 1.807) is 30.3 Å². The van der Waals surface area contributed by atoms with E-state index in [1.807, 2.05) is 0 Å². The minimum absolute atomic E-state index is 0.0214. The molecule has 28 heavy (non-hydrogen) atoms. The van der Waals surface area contributed by atoms with Crippen LogP contribution in [0.2, 0.25) is 0 Å². The van der Waals surface area contributed by atoms with Crippen LogP contribution in [-0.4, -0.2) is 13.4 Å². The number of anilines is 2. The number of halogens is 4. The molecule has 2 N–H and O–H groups in total. The average molecular weight is 411 g/mol. The first-order chi connectivity index (χ1) is 13.3. The van der Waals surface area contributed by atoms with E-state index in [-0.39, 0.29) is 17.1 Å². The quantitative estimate of drug-likeness (QED) is 0.474. The highest BCUT2D eigenvalue weighted by atomic mass is 32.2. The largest absolute Gasteiger partial charge is 0.376 e. The molecule has 0 fully saturated rings. The van der Waals surface area contributed by atoms with E-state index in [1.165, 1.54) is 24.3 Å². The van der Waals surface area contributed by atoms with Gasteiger partial charge < -0.3 is 5.32 Å². The van der Waals surface area contributed by atoms with E-state index in [0.29, 0.717) is 5.56 Å². The van der Waals surface area contributed by atoms with Gasteiger partial charge in [-0.15, -0.1) is 0 Å². The summed E-state index contributed by atoms with van der Waals surface area (Å²) in [6.45, 7) is -0.315. The summed E-state index contributed by atoms with van der Waals surface area (Å²) in [4.78, 5) is 2.49. The zero-order valence-corrected chi connectivity index (χ0v) is 14.9. The van der Waals surface area contributed by atoms with E-state index in [4.69, 9.17) is 0 Å². The molecule has 1 aromatic heterocycles. The molecule has 0 amide bonds. The average Bonchev–Trinajstić information content (AvgIpc) is 2.68. The van der Waals surface area contributed by atoms with Crippen LogP contribution >= 0.6 is 0 Å². The summed E-state index contributed by atoms with van der Waals surface area (Å²) >= 11 is 0. The van der Waals surface area contributed by atoms with Crippen LogP contribution in [0.5, 0.6) is 0 Å². The summed E-state index contributed by atoms with van der Waals surface area (Å²) in [6.07, 6.45) is 0. The number of nitrogens with zero attached hydrogens (tertiary/aromatic N) is 1. The molecule has 0 aliphatic carbocycles. The molecule has 0 aliphatic rings. The number of pyridine rings is 1. The van der Waals surface area contributed by atoms with Crippen LogP contribution in [0.15, 0.2) is 59.5 Å². The number of aromatic nitrogens is 1. The zero-order valence-electron chi connectivity index (χ0n) is 14.1. The maximum Gasteiger partial charge on any atom is 0.261 e. The highest BCUT2D eigenvalue weighted by molar-refractivity contribution is 7.92. The highest BCUT2D eigenvalue weighted by Crippen LogP contribution is 2.25. The van der Waals surface area contributed by atoms with Crippen molar-refractivity contribution in [2.45, 2.75) is 11.4 Å². The molecule has 0 radical (unpaired) electrons. The fourth-order valence-electron chi connectivity index (χ4n) is 2.40. The second kappa shape index (κ2) is 7.85. The van der Waals surface area contributed by atoms with Crippen LogP contribution in [0, 0.1) is 23.5 Å². The molecule has 2 aromatic carbocycles. The Kier molecular flexibility index (Phi) is 5.50. The van der Waals surface area contributed by atoms with E-state index in [0.717, 1.165) is 0 Å². The lowest BCUT2D eigenvalue weighted by molar-refractivity contribution is 0.410. The Balaban J connectivity index is 1.87. The summed E-state index contributed by atoms with van der Waals surface area (Å²) in [5, 5.41) is 2.24. The summed E-state index contributed by atoms with van der Waals surface area (Å²) in [5.74, 6) is -6.94. The number of benzene rings is 2.